The lowest BCUT2D eigenvalue weighted by Crippen LogP contribution is -2.42. The van der Waals surface area contributed by atoms with Gasteiger partial charge in [-0.25, -0.2) is 0 Å². The Morgan fingerprint density at radius 3 is 2.78 bits per heavy atom. The van der Waals surface area contributed by atoms with Crippen LogP contribution in [0.15, 0.2) is 24.3 Å². The van der Waals surface area contributed by atoms with Crippen LogP contribution in [0, 0.1) is 11.3 Å². The van der Waals surface area contributed by atoms with Gasteiger partial charge < -0.3 is 15.5 Å². The smallest absolute Gasteiger partial charge is 0.251 e. The molecular weight excluding hydrogens is 312 g/mol. The van der Waals surface area contributed by atoms with E-state index in [1.807, 2.05) is 11.0 Å². The van der Waals surface area contributed by atoms with Gasteiger partial charge in [0.15, 0.2) is 0 Å². The van der Waals surface area contributed by atoms with Gasteiger partial charge in [-0.15, -0.1) is 11.8 Å². The normalized spacial score (nSPS) is 23.5. The molecule has 0 spiro atoms. The van der Waals surface area contributed by atoms with E-state index in [9.17, 15) is 9.59 Å². The SMILES string of the molecule is N#Cc1ccc(C(=O)N[C@@H]2CN[C@H](C(=O)N3CCSC3)C2)cc1. The third-order valence-corrected chi connectivity index (χ3v) is 5.07. The van der Waals surface area contributed by atoms with Crippen molar-refractivity contribution in [3.63, 3.8) is 0 Å². The van der Waals surface area contributed by atoms with Crippen molar-refractivity contribution in [2.24, 2.45) is 0 Å². The van der Waals surface area contributed by atoms with Gasteiger partial charge in [0.2, 0.25) is 5.91 Å². The molecule has 7 heteroatoms. The fourth-order valence-electron chi connectivity index (χ4n) is 2.81. The Hall–Kier alpha value is -2.04. The van der Waals surface area contributed by atoms with Crippen molar-refractivity contribution in [2.45, 2.75) is 18.5 Å². The minimum Gasteiger partial charge on any atom is -0.348 e. The van der Waals surface area contributed by atoms with E-state index in [0.29, 0.717) is 24.1 Å². The Bertz CT molecular complexity index is 634. The first-order valence-corrected chi connectivity index (χ1v) is 8.74. The summed E-state index contributed by atoms with van der Waals surface area (Å²) in [6, 6.07) is 8.29. The van der Waals surface area contributed by atoms with Crippen LogP contribution in [0.4, 0.5) is 0 Å². The van der Waals surface area contributed by atoms with E-state index < -0.39 is 0 Å². The molecule has 0 bridgehead atoms. The lowest BCUT2D eigenvalue weighted by Gasteiger charge is -2.19. The Labute approximate surface area is 139 Å². The summed E-state index contributed by atoms with van der Waals surface area (Å²) in [5, 5.41) is 14.9. The number of nitriles is 1. The molecule has 0 aromatic heterocycles. The number of benzene rings is 1. The van der Waals surface area contributed by atoms with Crippen LogP contribution in [-0.4, -0.2) is 53.5 Å². The molecule has 0 unspecified atom stereocenters. The number of rotatable bonds is 3. The average molecular weight is 330 g/mol. The number of nitrogens with zero attached hydrogens (tertiary/aromatic N) is 2. The van der Waals surface area contributed by atoms with E-state index in [1.165, 1.54) is 0 Å². The summed E-state index contributed by atoms with van der Waals surface area (Å²) in [5.41, 5.74) is 1.05. The third kappa shape index (κ3) is 3.66. The molecule has 2 heterocycles. The maximum absolute atomic E-state index is 12.3. The Kier molecular flexibility index (Phi) is 4.84. The molecule has 6 nitrogen and oxygen atoms in total. The van der Waals surface area contributed by atoms with Gasteiger partial charge in [0, 0.05) is 30.4 Å². The fourth-order valence-corrected chi connectivity index (χ4v) is 3.76. The van der Waals surface area contributed by atoms with E-state index in [2.05, 4.69) is 10.6 Å². The largest absolute Gasteiger partial charge is 0.348 e. The molecule has 0 radical (unpaired) electrons. The van der Waals surface area contributed by atoms with Crippen molar-refractivity contribution in [1.82, 2.24) is 15.5 Å². The predicted octanol–water partition coefficient (Wildman–Crippen LogP) is 0.551. The first-order valence-electron chi connectivity index (χ1n) is 7.58. The average Bonchev–Trinajstić information content (AvgIpc) is 3.26. The van der Waals surface area contributed by atoms with Crippen LogP contribution in [0.1, 0.15) is 22.3 Å². The molecular formula is C16H18N4O2S. The molecule has 1 aromatic carbocycles. The quantitative estimate of drug-likeness (QED) is 0.845. The first-order chi connectivity index (χ1) is 11.2. The van der Waals surface area contributed by atoms with Gasteiger partial charge in [-0.05, 0) is 30.7 Å². The molecule has 1 aromatic rings. The summed E-state index contributed by atoms with van der Waals surface area (Å²) in [5.74, 6) is 1.72. The van der Waals surface area contributed by atoms with Gasteiger partial charge in [-0.3, -0.25) is 9.59 Å². The molecule has 23 heavy (non-hydrogen) atoms. The zero-order chi connectivity index (χ0) is 16.2. The van der Waals surface area contributed by atoms with Crippen molar-refractivity contribution < 1.29 is 9.59 Å². The number of carbonyl (C=O) groups is 2. The molecule has 2 aliphatic rings. The molecule has 2 aliphatic heterocycles. The summed E-state index contributed by atoms with van der Waals surface area (Å²) in [7, 11) is 0. The molecule has 2 fully saturated rings. The van der Waals surface area contributed by atoms with Crippen molar-refractivity contribution in [3.05, 3.63) is 35.4 Å². The summed E-state index contributed by atoms with van der Waals surface area (Å²) in [4.78, 5) is 26.4. The summed E-state index contributed by atoms with van der Waals surface area (Å²) in [6.07, 6.45) is 0.613. The van der Waals surface area contributed by atoms with Crippen molar-refractivity contribution in [2.75, 3.05) is 24.7 Å². The summed E-state index contributed by atoms with van der Waals surface area (Å²) in [6.45, 7) is 1.41. The van der Waals surface area contributed by atoms with Crippen molar-refractivity contribution in [1.29, 1.82) is 5.26 Å². The monoisotopic (exact) mass is 330 g/mol. The maximum Gasteiger partial charge on any atom is 0.251 e. The van der Waals surface area contributed by atoms with Crippen LogP contribution in [0.5, 0.6) is 0 Å². The van der Waals surface area contributed by atoms with Crippen LogP contribution >= 0.6 is 11.8 Å². The highest BCUT2D eigenvalue weighted by atomic mass is 32.2. The second kappa shape index (κ2) is 7.02. The Balaban J connectivity index is 1.53. The van der Waals surface area contributed by atoms with Gasteiger partial charge in [-0.1, -0.05) is 0 Å². The second-order valence-corrected chi connectivity index (χ2v) is 6.77. The van der Waals surface area contributed by atoms with Crippen LogP contribution in [0.3, 0.4) is 0 Å². The summed E-state index contributed by atoms with van der Waals surface area (Å²) < 4.78 is 0. The molecule has 0 aliphatic carbocycles. The molecule has 2 saturated heterocycles. The molecule has 2 atom stereocenters. The number of nitrogens with one attached hydrogen (secondary N) is 2. The standard InChI is InChI=1S/C16H18N4O2S/c17-8-11-1-3-12(4-2-11)15(21)19-13-7-14(18-9-13)16(22)20-5-6-23-10-20/h1-4,13-14,18H,5-7,9-10H2,(H,19,21)/t13-,14-/m0/s1. The van der Waals surface area contributed by atoms with Gasteiger partial charge in [-0.2, -0.15) is 5.26 Å². The van der Waals surface area contributed by atoms with E-state index in [-0.39, 0.29) is 23.9 Å². The predicted molar refractivity (Wildman–Crippen MR) is 87.9 cm³/mol. The number of hydrogen-bond donors (Lipinski definition) is 2. The molecule has 2 amide bonds. The fraction of sp³-hybridized carbons (Fsp3) is 0.438. The molecule has 0 saturated carbocycles. The van der Waals surface area contributed by atoms with E-state index in [0.717, 1.165) is 18.2 Å². The second-order valence-electron chi connectivity index (χ2n) is 5.70. The highest BCUT2D eigenvalue weighted by molar-refractivity contribution is 7.99. The summed E-state index contributed by atoms with van der Waals surface area (Å²) >= 11 is 1.77. The van der Waals surface area contributed by atoms with Gasteiger partial charge in [0.05, 0.1) is 23.6 Å². The lowest BCUT2D eigenvalue weighted by molar-refractivity contribution is -0.131. The molecule has 120 valence electrons. The minimum atomic E-state index is -0.208. The Morgan fingerprint density at radius 1 is 1.35 bits per heavy atom. The van der Waals surface area contributed by atoms with Gasteiger partial charge in [0.1, 0.15) is 0 Å². The lowest BCUT2D eigenvalue weighted by atomic mass is 10.1. The zero-order valence-corrected chi connectivity index (χ0v) is 13.4. The van der Waals surface area contributed by atoms with Gasteiger partial charge >= 0.3 is 0 Å². The molecule has 3 rings (SSSR count). The Morgan fingerprint density at radius 2 is 2.13 bits per heavy atom. The number of amides is 2. The number of carbonyl (C=O) groups excluding carboxylic acids is 2. The van der Waals surface area contributed by atoms with E-state index in [4.69, 9.17) is 5.26 Å². The molecule has 2 N–H and O–H groups in total. The maximum atomic E-state index is 12.3. The van der Waals surface area contributed by atoms with Gasteiger partial charge in [0.25, 0.3) is 5.91 Å². The third-order valence-electron chi connectivity index (χ3n) is 4.10. The number of hydrogen-bond acceptors (Lipinski definition) is 5. The highest BCUT2D eigenvalue weighted by Gasteiger charge is 2.34. The zero-order valence-electron chi connectivity index (χ0n) is 12.6. The minimum absolute atomic E-state index is 0.0534. The van der Waals surface area contributed by atoms with Crippen LogP contribution in [0.2, 0.25) is 0 Å². The van der Waals surface area contributed by atoms with Crippen molar-refractivity contribution >= 4 is 23.6 Å². The number of thioether (sulfide) groups is 1. The van der Waals surface area contributed by atoms with Crippen LogP contribution in [-0.2, 0) is 4.79 Å². The first kappa shape index (κ1) is 15.8. The van der Waals surface area contributed by atoms with E-state index in [1.54, 1.807) is 36.0 Å². The highest BCUT2D eigenvalue weighted by Crippen LogP contribution is 2.17. The van der Waals surface area contributed by atoms with Crippen molar-refractivity contribution in [3.8, 4) is 6.07 Å². The van der Waals surface area contributed by atoms with Crippen LogP contribution in [0.25, 0.3) is 0 Å². The van der Waals surface area contributed by atoms with Crippen LogP contribution < -0.4 is 10.6 Å². The topological polar surface area (TPSA) is 85.2 Å². The van der Waals surface area contributed by atoms with E-state index >= 15 is 0 Å².